The summed E-state index contributed by atoms with van der Waals surface area (Å²) in [5.74, 6) is 1.04. The standard InChI is InChI=1S/C12H17N3O2/c1-7-10-9(5-13-7)14-11(15-12(10)16)8-3-2-4-17-6-8/h7-8,13H,2-6H2,1H3,(H,14,15,16). The Hall–Kier alpha value is -1.20. The third kappa shape index (κ3) is 1.89. The summed E-state index contributed by atoms with van der Waals surface area (Å²) in [6.07, 6.45) is 2.09. The molecule has 2 aliphatic heterocycles. The van der Waals surface area contributed by atoms with Crippen molar-refractivity contribution in [1.29, 1.82) is 0 Å². The van der Waals surface area contributed by atoms with Gasteiger partial charge in [0.2, 0.25) is 0 Å². The first kappa shape index (κ1) is 10.9. The highest BCUT2D eigenvalue weighted by molar-refractivity contribution is 5.26. The number of ether oxygens (including phenoxy) is 1. The molecule has 2 unspecified atom stereocenters. The van der Waals surface area contributed by atoms with Crippen LogP contribution in [0.3, 0.4) is 0 Å². The van der Waals surface area contributed by atoms with Crippen LogP contribution >= 0.6 is 0 Å². The van der Waals surface area contributed by atoms with Crippen LogP contribution in [0.2, 0.25) is 0 Å². The number of H-pyrrole nitrogens is 1. The number of nitrogens with one attached hydrogen (secondary N) is 2. The first-order valence-electron chi connectivity index (χ1n) is 6.20. The number of rotatable bonds is 1. The Morgan fingerprint density at radius 2 is 2.35 bits per heavy atom. The quantitative estimate of drug-likeness (QED) is 0.756. The zero-order chi connectivity index (χ0) is 11.8. The van der Waals surface area contributed by atoms with E-state index in [1.165, 1.54) is 0 Å². The zero-order valence-electron chi connectivity index (χ0n) is 9.95. The van der Waals surface area contributed by atoms with Crippen molar-refractivity contribution >= 4 is 0 Å². The Balaban J connectivity index is 1.97. The predicted octanol–water partition coefficient (Wildman–Crippen LogP) is 0.828. The Kier molecular flexibility index (Phi) is 2.72. The van der Waals surface area contributed by atoms with E-state index < -0.39 is 0 Å². The highest BCUT2D eigenvalue weighted by atomic mass is 16.5. The summed E-state index contributed by atoms with van der Waals surface area (Å²) in [5, 5.41) is 3.24. The van der Waals surface area contributed by atoms with Gasteiger partial charge in [0.25, 0.3) is 5.56 Å². The first-order chi connectivity index (χ1) is 8.25. The van der Waals surface area contributed by atoms with Crippen LogP contribution in [0.4, 0.5) is 0 Å². The lowest BCUT2D eigenvalue weighted by Crippen LogP contribution is -2.24. The summed E-state index contributed by atoms with van der Waals surface area (Å²) in [5.41, 5.74) is 1.71. The molecule has 0 bridgehead atoms. The number of aromatic amines is 1. The number of fused-ring (bicyclic) bond motifs is 1. The number of hydrogen-bond acceptors (Lipinski definition) is 4. The summed E-state index contributed by atoms with van der Waals surface area (Å²) in [6, 6.07) is 0.109. The smallest absolute Gasteiger partial charge is 0.255 e. The monoisotopic (exact) mass is 235 g/mol. The van der Waals surface area contributed by atoms with Crippen molar-refractivity contribution in [2.24, 2.45) is 0 Å². The minimum Gasteiger partial charge on any atom is -0.381 e. The average molecular weight is 235 g/mol. The normalized spacial score (nSPS) is 28.1. The van der Waals surface area contributed by atoms with Crippen LogP contribution in [0.25, 0.3) is 0 Å². The lowest BCUT2D eigenvalue weighted by molar-refractivity contribution is 0.0779. The molecule has 5 nitrogen and oxygen atoms in total. The molecule has 2 N–H and O–H groups in total. The number of aromatic nitrogens is 2. The largest absolute Gasteiger partial charge is 0.381 e. The summed E-state index contributed by atoms with van der Waals surface area (Å²) in [4.78, 5) is 19.5. The average Bonchev–Trinajstić information content (AvgIpc) is 2.73. The molecule has 17 heavy (non-hydrogen) atoms. The van der Waals surface area contributed by atoms with E-state index in [0.29, 0.717) is 13.2 Å². The van der Waals surface area contributed by atoms with Gasteiger partial charge in [0, 0.05) is 25.1 Å². The molecular weight excluding hydrogens is 218 g/mol. The molecule has 2 aliphatic rings. The van der Waals surface area contributed by atoms with Gasteiger partial charge in [-0.3, -0.25) is 4.79 Å². The van der Waals surface area contributed by atoms with Crippen molar-refractivity contribution in [3.8, 4) is 0 Å². The summed E-state index contributed by atoms with van der Waals surface area (Å²) in [7, 11) is 0. The highest BCUT2D eigenvalue weighted by Gasteiger charge is 2.26. The molecular formula is C12H17N3O2. The lowest BCUT2D eigenvalue weighted by atomic mass is 10.0. The Morgan fingerprint density at radius 3 is 3.12 bits per heavy atom. The van der Waals surface area contributed by atoms with Gasteiger partial charge >= 0.3 is 0 Å². The molecule has 1 aromatic heterocycles. The molecule has 0 aliphatic carbocycles. The SMILES string of the molecule is CC1NCc2nc(C3CCCOC3)[nH]c(=O)c21. The van der Waals surface area contributed by atoms with E-state index in [1.807, 2.05) is 6.92 Å². The van der Waals surface area contributed by atoms with Gasteiger partial charge < -0.3 is 15.0 Å². The molecule has 0 aromatic carbocycles. The van der Waals surface area contributed by atoms with Gasteiger partial charge in [-0.2, -0.15) is 0 Å². The van der Waals surface area contributed by atoms with Crippen molar-refractivity contribution in [3.05, 3.63) is 27.4 Å². The van der Waals surface area contributed by atoms with E-state index in [0.717, 1.165) is 36.5 Å². The van der Waals surface area contributed by atoms with Crippen LogP contribution in [0.5, 0.6) is 0 Å². The molecule has 1 saturated heterocycles. The van der Waals surface area contributed by atoms with E-state index in [-0.39, 0.29) is 17.5 Å². The zero-order valence-corrected chi connectivity index (χ0v) is 9.95. The van der Waals surface area contributed by atoms with Crippen molar-refractivity contribution in [1.82, 2.24) is 15.3 Å². The minimum absolute atomic E-state index is 0.00748. The molecule has 1 fully saturated rings. The van der Waals surface area contributed by atoms with Gasteiger partial charge in [-0.1, -0.05) is 0 Å². The van der Waals surface area contributed by atoms with Crippen molar-refractivity contribution in [2.75, 3.05) is 13.2 Å². The molecule has 92 valence electrons. The molecule has 0 radical (unpaired) electrons. The molecule has 3 rings (SSSR count). The fourth-order valence-corrected chi connectivity index (χ4v) is 2.63. The summed E-state index contributed by atoms with van der Waals surface area (Å²) >= 11 is 0. The molecule has 3 heterocycles. The topological polar surface area (TPSA) is 67.0 Å². The maximum atomic E-state index is 12.0. The maximum absolute atomic E-state index is 12.0. The van der Waals surface area contributed by atoms with Gasteiger partial charge in [0.05, 0.1) is 17.9 Å². The molecule has 0 saturated carbocycles. The van der Waals surface area contributed by atoms with Gasteiger partial charge in [0.15, 0.2) is 0 Å². The first-order valence-corrected chi connectivity index (χ1v) is 6.20. The minimum atomic E-state index is 0.00748. The Morgan fingerprint density at radius 1 is 1.47 bits per heavy atom. The fourth-order valence-electron chi connectivity index (χ4n) is 2.63. The van der Waals surface area contributed by atoms with Crippen LogP contribution in [0, 0.1) is 0 Å². The number of nitrogens with zero attached hydrogens (tertiary/aromatic N) is 1. The van der Waals surface area contributed by atoms with Crippen molar-refractivity contribution < 1.29 is 4.74 Å². The molecule has 2 atom stereocenters. The van der Waals surface area contributed by atoms with E-state index >= 15 is 0 Å². The van der Waals surface area contributed by atoms with E-state index in [9.17, 15) is 4.79 Å². The van der Waals surface area contributed by atoms with E-state index in [2.05, 4.69) is 15.3 Å². The van der Waals surface area contributed by atoms with E-state index in [1.54, 1.807) is 0 Å². The summed E-state index contributed by atoms with van der Waals surface area (Å²) < 4.78 is 5.44. The highest BCUT2D eigenvalue weighted by Crippen LogP contribution is 2.25. The second-order valence-electron chi connectivity index (χ2n) is 4.83. The van der Waals surface area contributed by atoms with Gasteiger partial charge in [-0.25, -0.2) is 4.98 Å². The van der Waals surface area contributed by atoms with Crippen LogP contribution in [0.15, 0.2) is 4.79 Å². The Labute approximate surface area is 99.6 Å². The maximum Gasteiger partial charge on any atom is 0.255 e. The molecule has 5 heteroatoms. The lowest BCUT2D eigenvalue weighted by Gasteiger charge is -2.21. The third-order valence-electron chi connectivity index (χ3n) is 3.61. The number of hydrogen-bond donors (Lipinski definition) is 2. The molecule has 0 spiro atoms. The Bertz CT molecular complexity index is 477. The van der Waals surface area contributed by atoms with Crippen LogP contribution in [-0.4, -0.2) is 23.2 Å². The van der Waals surface area contributed by atoms with Crippen LogP contribution in [-0.2, 0) is 11.3 Å². The van der Waals surface area contributed by atoms with E-state index in [4.69, 9.17) is 4.74 Å². The fraction of sp³-hybridized carbons (Fsp3) is 0.667. The molecule has 1 aromatic rings. The molecule has 0 amide bonds. The predicted molar refractivity (Wildman–Crippen MR) is 62.9 cm³/mol. The van der Waals surface area contributed by atoms with Gasteiger partial charge in [-0.15, -0.1) is 0 Å². The second-order valence-corrected chi connectivity index (χ2v) is 4.83. The van der Waals surface area contributed by atoms with Crippen LogP contribution < -0.4 is 10.9 Å². The van der Waals surface area contributed by atoms with Crippen molar-refractivity contribution in [3.63, 3.8) is 0 Å². The third-order valence-corrected chi connectivity index (χ3v) is 3.61. The summed E-state index contributed by atoms with van der Waals surface area (Å²) in [6.45, 7) is 4.18. The van der Waals surface area contributed by atoms with Crippen LogP contribution in [0.1, 0.15) is 48.8 Å². The van der Waals surface area contributed by atoms with Gasteiger partial charge in [-0.05, 0) is 19.8 Å². The van der Waals surface area contributed by atoms with Gasteiger partial charge in [0.1, 0.15) is 5.82 Å². The second kappa shape index (κ2) is 4.23. The van der Waals surface area contributed by atoms with Crippen molar-refractivity contribution in [2.45, 2.75) is 38.3 Å².